The molecule has 1 aromatic rings. The lowest BCUT2D eigenvalue weighted by molar-refractivity contribution is -0.131. The number of rotatable bonds is 4. The highest BCUT2D eigenvalue weighted by Crippen LogP contribution is 2.12. The maximum atomic E-state index is 11.9. The van der Waals surface area contributed by atoms with Crippen molar-refractivity contribution in [3.8, 4) is 0 Å². The molecule has 3 N–H and O–H groups in total. The molecule has 1 heterocycles. The van der Waals surface area contributed by atoms with E-state index in [9.17, 15) is 22.8 Å². The molecule has 0 bridgehead atoms. The van der Waals surface area contributed by atoms with E-state index in [-0.39, 0.29) is 11.5 Å². The summed E-state index contributed by atoms with van der Waals surface area (Å²) in [6, 6.07) is 3.23. The normalized spacial score (nSPS) is 11.3. The number of halogens is 3. The Morgan fingerprint density at radius 1 is 1.35 bits per heavy atom. The molecule has 0 aromatic carbocycles. The van der Waals surface area contributed by atoms with Gasteiger partial charge in [0.1, 0.15) is 12.4 Å². The molecule has 0 unspecified atom stereocenters. The summed E-state index contributed by atoms with van der Waals surface area (Å²) >= 11 is 0. The Morgan fingerprint density at radius 2 is 2.05 bits per heavy atom. The van der Waals surface area contributed by atoms with Gasteiger partial charge < -0.3 is 10.4 Å². The smallest absolute Gasteiger partial charge is 0.405 e. The van der Waals surface area contributed by atoms with Gasteiger partial charge in [-0.15, -0.1) is 0 Å². The number of pyridine rings is 1. The molecule has 0 fully saturated rings. The second-order valence-corrected chi connectivity index (χ2v) is 3.54. The van der Waals surface area contributed by atoms with Gasteiger partial charge in [0.2, 0.25) is 0 Å². The fourth-order valence-electron chi connectivity index (χ4n) is 1.11. The first kappa shape index (κ1) is 15.5. The molecule has 0 atom stereocenters. The third-order valence-corrected chi connectivity index (χ3v) is 1.86. The van der Waals surface area contributed by atoms with Crippen LogP contribution in [0, 0.1) is 0 Å². The van der Waals surface area contributed by atoms with E-state index in [4.69, 9.17) is 5.11 Å². The molecule has 0 aliphatic rings. The number of carbonyl (C=O) groups excluding carboxylic acids is 1. The number of aliphatic carboxylic acids is 1. The Morgan fingerprint density at radius 3 is 2.65 bits per heavy atom. The fourth-order valence-corrected chi connectivity index (χ4v) is 1.11. The average Bonchev–Trinajstić information content (AvgIpc) is 2.34. The number of carboxylic acid groups (broad SMARTS) is 1. The lowest BCUT2D eigenvalue weighted by Gasteiger charge is -2.09. The number of carbonyl (C=O) groups is 2. The van der Waals surface area contributed by atoms with Crippen molar-refractivity contribution in [1.82, 2.24) is 10.3 Å². The Labute approximate surface area is 111 Å². The Kier molecular flexibility index (Phi) is 5.07. The SMILES string of the molecule is O=C(O)/C=C/c1cccc(NC(=O)NCC(F)(F)F)n1. The number of aromatic nitrogens is 1. The van der Waals surface area contributed by atoms with E-state index in [0.717, 1.165) is 6.08 Å². The van der Waals surface area contributed by atoms with E-state index in [1.807, 2.05) is 0 Å². The number of hydrogen-bond acceptors (Lipinski definition) is 3. The fraction of sp³-hybridized carbons (Fsp3) is 0.182. The topological polar surface area (TPSA) is 91.3 Å². The minimum Gasteiger partial charge on any atom is -0.478 e. The first-order valence-corrected chi connectivity index (χ1v) is 5.26. The van der Waals surface area contributed by atoms with Gasteiger partial charge in [-0.3, -0.25) is 5.32 Å². The standard InChI is InChI=1S/C11H10F3N3O3/c12-11(13,14)6-15-10(20)17-8-3-1-2-7(16-8)4-5-9(18)19/h1-5H,6H2,(H,18,19)(H2,15,16,17,20)/b5-4+. The van der Waals surface area contributed by atoms with Gasteiger partial charge in [0.15, 0.2) is 0 Å². The van der Waals surface area contributed by atoms with Crippen LogP contribution in [0.15, 0.2) is 24.3 Å². The quantitative estimate of drug-likeness (QED) is 0.738. The number of nitrogens with one attached hydrogen (secondary N) is 2. The summed E-state index contributed by atoms with van der Waals surface area (Å²) in [5.74, 6) is -1.18. The van der Waals surface area contributed by atoms with Crippen molar-refractivity contribution >= 4 is 23.9 Å². The zero-order valence-electron chi connectivity index (χ0n) is 9.94. The monoisotopic (exact) mass is 289 g/mol. The second kappa shape index (κ2) is 6.55. The highest BCUT2D eigenvalue weighted by atomic mass is 19.4. The molecule has 9 heteroatoms. The van der Waals surface area contributed by atoms with Crippen LogP contribution in [0.4, 0.5) is 23.8 Å². The van der Waals surface area contributed by atoms with E-state index in [2.05, 4.69) is 10.3 Å². The number of hydrogen-bond donors (Lipinski definition) is 3. The van der Waals surface area contributed by atoms with Crippen LogP contribution in [0.25, 0.3) is 6.08 Å². The maximum absolute atomic E-state index is 11.9. The van der Waals surface area contributed by atoms with Gasteiger partial charge >= 0.3 is 18.2 Å². The first-order valence-electron chi connectivity index (χ1n) is 5.26. The maximum Gasteiger partial charge on any atom is 0.405 e. The van der Waals surface area contributed by atoms with Crippen molar-refractivity contribution in [3.63, 3.8) is 0 Å². The highest BCUT2D eigenvalue weighted by molar-refractivity contribution is 5.88. The average molecular weight is 289 g/mol. The van der Waals surface area contributed by atoms with Crippen LogP contribution in [0.2, 0.25) is 0 Å². The molecule has 0 saturated carbocycles. The Bertz CT molecular complexity index is 529. The van der Waals surface area contributed by atoms with Crippen LogP contribution in [-0.4, -0.2) is 34.8 Å². The van der Waals surface area contributed by atoms with E-state index >= 15 is 0 Å². The highest BCUT2D eigenvalue weighted by Gasteiger charge is 2.27. The van der Waals surface area contributed by atoms with Crippen molar-refractivity contribution in [3.05, 3.63) is 30.0 Å². The molecule has 0 radical (unpaired) electrons. The van der Waals surface area contributed by atoms with Gasteiger partial charge in [-0.2, -0.15) is 13.2 Å². The first-order chi connectivity index (χ1) is 9.26. The molecular weight excluding hydrogens is 279 g/mol. The van der Waals surface area contributed by atoms with E-state index in [0.29, 0.717) is 0 Å². The molecule has 0 spiro atoms. The zero-order valence-corrected chi connectivity index (χ0v) is 9.94. The Hall–Kier alpha value is -2.58. The molecule has 0 saturated heterocycles. The van der Waals surface area contributed by atoms with Crippen LogP contribution in [0.3, 0.4) is 0 Å². The summed E-state index contributed by atoms with van der Waals surface area (Å²) in [7, 11) is 0. The summed E-state index contributed by atoms with van der Waals surface area (Å²) in [5.41, 5.74) is 0.237. The van der Waals surface area contributed by atoms with Gasteiger partial charge in [-0.25, -0.2) is 14.6 Å². The molecule has 1 rings (SSSR count). The largest absolute Gasteiger partial charge is 0.478 e. The molecule has 2 amide bonds. The van der Waals surface area contributed by atoms with E-state index in [1.54, 1.807) is 5.32 Å². The number of anilines is 1. The van der Waals surface area contributed by atoms with Crippen molar-refractivity contribution in [2.24, 2.45) is 0 Å². The summed E-state index contributed by atoms with van der Waals surface area (Å²) in [6.07, 6.45) is -2.48. The van der Waals surface area contributed by atoms with Crippen LogP contribution in [-0.2, 0) is 4.79 Å². The van der Waals surface area contributed by atoms with Crippen LogP contribution in [0.1, 0.15) is 5.69 Å². The minimum absolute atomic E-state index is 0.00258. The summed E-state index contributed by atoms with van der Waals surface area (Å²) in [5, 5.41) is 12.1. The van der Waals surface area contributed by atoms with Crippen LogP contribution >= 0.6 is 0 Å². The number of amides is 2. The molecule has 0 aliphatic heterocycles. The number of carboxylic acids is 1. The van der Waals surface area contributed by atoms with Gasteiger partial charge in [0.05, 0.1) is 5.69 Å². The van der Waals surface area contributed by atoms with E-state index in [1.165, 1.54) is 24.3 Å². The van der Waals surface area contributed by atoms with Gasteiger partial charge in [-0.1, -0.05) is 6.07 Å². The number of urea groups is 1. The minimum atomic E-state index is -4.50. The lowest BCUT2D eigenvalue weighted by atomic mass is 10.3. The summed E-state index contributed by atoms with van der Waals surface area (Å²) < 4.78 is 35.6. The Balaban J connectivity index is 2.62. The van der Waals surface area contributed by atoms with Crippen molar-refractivity contribution in [2.45, 2.75) is 6.18 Å². The molecular formula is C11H10F3N3O3. The van der Waals surface area contributed by atoms with Crippen molar-refractivity contribution in [2.75, 3.05) is 11.9 Å². The second-order valence-electron chi connectivity index (χ2n) is 3.54. The summed E-state index contributed by atoms with van der Waals surface area (Å²) in [6.45, 7) is -1.46. The van der Waals surface area contributed by atoms with Crippen molar-refractivity contribution in [1.29, 1.82) is 0 Å². The molecule has 108 valence electrons. The van der Waals surface area contributed by atoms with Crippen LogP contribution < -0.4 is 10.6 Å². The third kappa shape index (κ3) is 6.38. The van der Waals surface area contributed by atoms with Gasteiger partial charge in [0, 0.05) is 6.08 Å². The molecule has 20 heavy (non-hydrogen) atoms. The third-order valence-electron chi connectivity index (χ3n) is 1.86. The zero-order chi connectivity index (χ0) is 15.2. The molecule has 0 aliphatic carbocycles. The van der Waals surface area contributed by atoms with Crippen LogP contribution in [0.5, 0.6) is 0 Å². The molecule has 1 aromatic heterocycles. The van der Waals surface area contributed by atoms with Crippen molar-refractivity contribution < 1.29 is 27.9 Å². The lowest BCUT2D eigenvalue weighted by Crippen LogP contribution is -2.36. The van der Waals surface area contributed by atoms with Gasteiger partial charge in [0.25, 0.3) is 0 Å². The number of alkyl halides is 3. The van der Waals surface area contributed by atoms with E-state index < -0.39 is 24.7 Å². The predicted molar refractivity (Wildman–Crippen MR) is 64.0 cm³/mol. The molecule has 6 nitrogen and oxygen atoms in total. The summed E-state index contributed by atoms with van der Waals surface area (Å²) in [4.78, 5) is 25.3. The predicted octanol–water partition coefficient (Wildman–Crippen LogP) is 1.86. The van der Waals surface area contributed by atoms with Gasteiger partial charge in [-0.05, 0) is 18.2 Å². The number of nitrogens with zero attached hydrogens (tertiary/aromatic N) is 1.